The predicted molar refractivity (Wildman–Crippen MR) is 367 cm³/mol. The first-order valence-electron chi connectivity index (χ1n) is 37.4. The Balaban J connectivity index is 0.00000119. The van der Waals surface area contributed by atoms with Gasteiger partial charge in [-0.2, -0.15) is 0 Å². The van der Waals surface area contributed by atoms with Gasteiger partial charge in [0.15, 0.2) is 0 Å². The van der Waals surface area contributed by atoms with Crippen molar-refractivity contribution in [1.82, 2.24) is 9.80 Å². The number of allylic oxidation sites excluding steroid dienone is 1. The van der Waals surface area contributed by atoms with Crippen molar-refractivity contribution in [3.05, 3.63) is 12.3 Å². The minimum atomic E-state index is -0.148. The molecular formula is C77H150N2O4. The van der Waals surface area contributed by atoms with Gasteiger partial charge in [0, 0.05) is 35.6 Å². The van der Waals surface area contributed by atoms with E-state index in [0.717, 1.165) is 88.7 Å². The number of ketones is 2. The molecule has 4 aliphatic rings. The standard InChI is InChI=1S/C34H64O2.C18H36.C14H27NO.C9H17NO.C2H6/c1-6-9-12-14-16-20-24-30(25-21-17-15-13-10-7-2)31-29-32(31)33(35)34(4,5)26-22-18-19-23-28-36-27-11-8-3;1-3-5-7-11-17(12-8-6-4-2)13-9-14-18-15-10-16-18;1-14(2,13-16)9-5-3-4-6-10-15-11-7-8-12-15;1-3-4-9(11)8-5-6-10(2)7-8;1-2/h11,27,30-32H,6-10,12-26,28-29H2,1-5H3;17-18H,3-16H2,1-2H3;13H,3-12H2,1-2H3;8H,3-7H2,1-2H3;1-2H3/b27-11+;;;;. The highest BCUT2D eigenvalue weighted by Crippen LogP contribution is 2.52. The topological polar surface area (TPSA) is 66.9 Å². The number of rotatable bonds is 49. The highest BCUT2D eigenvalue weighted by atomic mass is 16.5. The third-order valence-corrected chi connectivity index (χ3v) is 19.3. The van der Waals surface area contributed by atoms with E-state index in [0.29, 0.717) is 29.3 Å². The number of carbonyl (C=O) groups excluding carboxylic acids is 3. The lowest BCUT2D eigenvalue weighted by molar-refractivity contribution is -0.129. The van der Waals surface area contributed by atoms with Crippen LogP contribution in [0.15, 0.2) is 12.3 Å². The molecule has 0 aromatic heterocycles. The zero-order chi connectivity index (χ0) is 61.7. The minimum Gasteiger partial charge on any atom is -0.502 e. The van der Waals surface area contributed by atoms with E-state index in [9.17, 15) is 14.4 Å². The lowest BCUT2D eigenvalue weighted by Gasteiger charge is -2.26. The lowest BCUT2D eigenvalue weighted by atomic mass is 9.79. The fourth-order valence-corrected chi connectivity index (χ4v) is 13.2. The van der Waals surface area contributed by atoms with Gasteiger partial charge in [-0.15, -0.1) is 0 Å². The van der Waals surface area contributed by atoms with Crippen LogP contribution in [-0.2, 0) is 19.1 Å². The maximum absolute atomic E-state index is 13.5. The Morgan fingerprint density at radius 2 is 1.07 bits per heavy atom. The molecule has 0 amide bonds. The van der Waals surface area contributed by atoms with Crippen LogP contribution in [0.5, 0.6) is 0 Å². The Morgan fingerprint density at radius 3 is 1.59 bits per heavy atom. The van der Waals surface area contributed by atoms with E-state index in [1.807, 2.05) is 34.0 Å². The third kappa shape index (κ3) is 45.4. The number of ether oxygens (including phenoxy) is 1. The lowest BCUT2D eigenvalue weighted by Crippen LogP contribution is -2.27. The Labute approximate surface area is 521 Å². The number of hydrogen-bond donors (Lipinski definition) is 0. The summed E-state index contributed by atoms with van der Waals surface area (Å²) in [6, 6.07) is 0. The molecule has 492 valence electrons. The first-order valence-corrected chi connectivity index (χ1v) is 37.4. The highest BCUT2D eigenvalue weighted by molar-refractivity contribution is 5.88. The molecule has 2 aliphatic carbocycles. The maximum Gasteiger partial charge on any atom is 0.141 e. The second kappa shape index (κ2) is 55.8. The Bertz CT molecular complexity index is 1440. The summed E-state index contributed by atoms with van der Waals surface area (Å²) < 4.78 is 5.50. The van der Waals surface area contributed by atoms with E-state index in [4.69, 9.17) is 4.74 Å². The average molecular weight is 1170 g/mol. The van der Waals surface area contributed by atoms with Gasteiger partial charge in [0.2, 0.25) is 0 Å². The Morgan fingerprint density at radius 1 is 0.566 bits per heavy atom. The van der Waals surface area contributed by atoms with Crippen molar-refractivity contribution in [3.8, 4) is 0 Å². The van der Waals surface area contributed by atoms with E-state index in [1.165, 1.54) is 264 Å². The summed E-state index contributed by atoms with van der Waals surface area (Å²) in [6.07, 6.45) is 64.9. The second-order valence-corrected chi connectivity index (χ2v) is 28.3. The summed E-state index contributed by atoms with van der Waals surface area (Å²) in [5, 5.41) is 0. The fourth-order valence-electron chi connectivity index (χ4n) is 13.2. The number of hydrogen-bond acceptors (Lipinski definition) is 6. The van der Waals surface area contributed by atoms with E-state index in [1.54, 1.807) is 0 Å². The number of likely N-dealkylation sites (tertiary alicyclic amines) is 2. The molecule has 2 saturated carbocycles. The van der Waals surface area contributed by atoms with E-state index < -0.39 is 0 Å². The van der Waals surface area contributed by atoms with Crippen molar-refractivity contribution in [2.75, 3.05) is 46.4 Å². The molecule has 0 N–H and O–H groups in total. The molecule has 3 atom stereocenters. The molecule has 0 spiro atoms. The van der Waals surface area contributed by atoms with Crippen LogP contribution in [0.3, 0.4) is 0 Å². The molecule has 0 aromatic carbocycles. The number of Topliss-reactive ketones (excluding diaryl/α,β-unsaturated/α-hetero) is 2. The van der Waals surface area contributed by atoms with E-state index in [-0.39, 0.29) is 10.8 Å². The number of nitrogens with zero attached hydrogens (tertiary/aromatic N) is 2. The van der Waals surface area contributed by atoms with Gasteiger partial charge in [-0.05, 0) is 121 Å². The molecule has 0 bridgehead atoms. The van der Waals surface area contributed by atoms with E-state index in [2.05, 4.69) is 78.3 Å². The van der Waals surface area contributed by atoms with Gasteiger partial charge < -0.3 is 19.3 Å². The van der Waals surface area contributed by atoms with Gasteiger partial charge in [-0.3, -0.25) is 9.59 Å². The van der Waals surface area contributed by atoms with Crippen LogP contribution in [0.1, 0.15) is 372 Å². The summed E-state index contributed by atoms with van der Waals surface area (Å²) >= 11 is 0. The number of carbonyl (C=O) groups is 3. The monoisotopic (exact) mass is 1170 g/mol. The smallest absolute Gasteiger partial charge is 0.141 e. The van der Waals surface area contributed by atoms with Gasteiger partial charge in [0.05, 0.1) is 12.9 Å². The van der Waals surface area contributed by atoms with Crippen LogP contribution in [0, 0.1) is 46.3 Å². The SMILES string of the molecule is CC.CC(C)(C=O)CCCCCCN1CCCC1.CC/C=C/OCCCCCCC(C)(C)C(=O)C1CC1C(CCCCCCCC)CCCCCCCC.CCCC(=O)C1CCN(C)C1.CCCCCC(CCCCC)CCCC1CCC1. The quantitative estimate of drug-likeness (QED) is 0.0344. The highest BCUT2D eigenvalue weighted by Gasteiger charge is 2.50. The van der Waals surface area contributed by atoms with Gasteiger partial charge in [0.1, 0.15) is 17.9 Å². The molecule has 3 unspecified atom stereocenters. The predicted octanol–water partition coefficient (Wildman–Crippen LogP) is 23.6. The van der Waals surface area contributed by atoms with Gasteiger partial charge in [-0.25, -0.2) is 0 Å². The largest absolute Gasteiger partial charge is 0.502 e. The van der Waals surface area contributed by atoms with Crippen molar-refractivity contribution in [2.45, 2.75) is 372 Å². The van der Waals surface area contributed by atoms with Crippen molar-refractivity contribution in [2.24, 2.45) is 46.3 Å². The molecule has 0 aromatic rings. The van der Waals surface area contributed by atoms with Gasteiger partial charge in [-0.1, -0.05) is 307 Å². The van der Waals surface area contributed by atoms with Gasteiger partial charge >= 0.3 is 0 Å². The van der Waals surface area contributed by atoms with Crippen LogP contribution < -0.4 is 0 Å². The second-order valence-electron chi connectivity index (χ2n) is 28.3. The first kappa shape index (κ1) is 81.5. The average Bonchev–Trinajstić information content (AvgIpc) is 3.97. The molecule has 2 heterocycles. The summed E-state index contributed by atoms with van der Waals surface area (Å²) in [4.78, 5) is 40.4. The maximum atomic E-state index is 13.5. The van der Waals surface area contributed by atoms with Crippen molar-refractivity contribution in [3.63, 3.8) is 0 Å². The van der Waals surface area contributed by atoms with Crippen LogP contribution in [0.4, 0.5) is 0 Å². The molecule has 4 rings (SSSR count). The summed E-state index contributed by atoms with van der Waals surface area (Å²) in [7, 11) is 2.08. The molecule has 2 aliphatic heterocycles. The normalized spacial score (nSPS) is 18.2. The molecular weight excluding hydrogens is 1020 g/mol. The van der Waals surface area contributed by atoms with Crippen LogP contribution in [0.2, 0.25) is 0 Å². The Hall–Kier alpha value is -1.53. The van der Waals surface area contributed by atoms with Crippen molar-refractivity contribution in [1.29, 1.82) is 0 Å². The number of aldehydes is 1. The number of unbranched alkanes of at least 4 members (excludes halogenated alkanes) is 20. The molecule has 6 nitrogen and oxygen atoms in total. The zero-order valence-electron chi connectivity index (χ0n) is 58.8. The summed E-state index contributed by atoms with van der Waals surface area (Å²) in [6.45, 7) is 32.8. The van der Waals surface area contributed by atoms with E-state index >= 15 is 0 Å². The molecule has 2 saturated heterocycles. The van der Waals surface area contributed by atoms with Gasteiger partial charge in [0.25, 0.3) is 0 Å². The van der Waals surface area contributed by atoms with Crippen LogP contribution >= 0.6 is 0 Å². The van der Waals surface area contributed by atoms with Crippen LogP contribution in [0.25, 0.3) is 0 Å². The van der Waals surface area contributed by atoms with Crippen molar-refractivity contribution < 1.29 is 19.1 Å². The zero-order valence-corrected chi connectivity index (χ0v) is 58.8. The Kier molecular flexibility index (Phi) is 54.7. The summed E-state index contributed by atoms with van der Waals surface area (Å²) in [5.74, 6) is 5.43. The molecule has 6 heteroatoms. The molecule has 4 fully saturated rings. The molecule has 0 radical (unpaired) electrons. The molecule has 83 heavy (non-hydrogen) atoms. The summed E-state index contributed by atoms with van der Waals surface area (Å²) in [5.41, 5.74) is -0.250. The van der Waals surface area contributed by atoms with Crippen LogP contribution in [-0.4, -0.2) is 74.0 Å². The fraction of sp³-hybridized carbons (Fsp3) is 0.935. The third-order valence-electron chi connectivity index (χ3n) is 19.3. The minimum absolute atomic E-state index is 0.102. The van der Waals surface area contributed by atoms with Crippen molar-refractivity contribution >= 4 is 17.9 Å². The first-order chi connectivity index (χ1) is 40.2.